The highest BCUT2D eigenvalue weighted by Gasteiger charge is 2.53. The van der Waals surface area contributed by atoms with Crippen molar-refractivity contribution in [2.24, 2.45) is 5.92 Å². The van der Waals surface area contributed by atoms with E-state index in [0.717, 1.165) is 5.92 Å². The zero-order valence-electron chi connectivity index (χ0n) is 7.27. The fourth-order valence-electron chi connectivity index (χ4n) is 1.95. The SMILES string of the molecule is C=CC(C)NC1(C2CC2)CC1. The van der Waals surface area contributed by atoms with Gasteiger partial charge < -0.3 is 5.32 Å². The van der Waals surface area contributed by atoms with Gasteiger partial charge in [-0.3, -0.25) is 0 Å². The smallest absolute Gasteiger partial charge is 0.0224 e. The van der Waals surface area contributed by atoms with E-state index in [0.29, 0.717) is 11.6 Å². The second-order valence-electron chi connectivity index (χ2n) is 4.10. The lowest BCUT2D eigenvalue weighted by atomic mass is 10.1. The van der Waals surface area contributed by atoms with Crippen molar-refractivity contribution in [3.05, 3.63) is 12.7 Å². The first-order chi connectivity index (χ1) is 5.27. The molecular weight excluding hydrogens is 134 g/mol. The Morgan fingerprint density at radius 1 is 1.55 bits per heavy atom. The summed E-state index contributed by atoms with van der Waals surface area (Å²) >= 11 is 0. The third-order valence-electron chi connectivity index (χ3n) is 3.02. The Morgan fingerprint density at radius 3 is 2.55 bits per heavy atom. The zero-order valence-corrected chi connectivity index (χ0v) is 7.27. The molecule has 0 bridgehead atoms. The summed E-state index contributed by atoms with van der Waals surface area (Å²) in [7, 11) is 0. The zero-order chi connectivity index (χ0) is 7.90. The molecule has 0 saturated heterocycles. The van der Waals surface area contributed by atoms with E-state index >= 15 is 0 Å². The molecule has 0 aliphatic heterocycles. The van der Waals surface area contributed by atoms with Gasteiger partial charge in [-0.1, -0.05) is 6.08 Å². The molecule has 1 atom stereocenters. The summed E-state index contributed by atoms with van der Waals surface area (Å²) in [5.74, 6) is 1.00. The van der Waals surface area contributed by atoms with Gasteiger partial charge in [0.15, 0.2) is 0 Å². The monoisotopic (exact) mass is 151 g/mol. The van der Waals surface area contributed by atoms with Crippen LogP contribution < -0.4 is 5.32 Å². The molecule has 0 spiro atoms. The first kappa shape index (κ1) is 7.35. The van der Waals surface area contributed by atoms with Gasteiger partial charge in [0.1, 0.15) is 0 Å². The van der Waals surface area contributed by atoms with Gasteiger partial charge in [-0.15, -0.1) is 6.58 Å². The van der Waals surface area contributed by atoms with E-state index in [2.05, 4.69) is 18.8 Å². The van der Waals surface area contributed by atoms with E-state index in [1.807, 2.05) is 6.08 Å². The molecule has 2 rings (SSSR count). The summed E-state index contributed by atoms with van der Waals surface area (Å²) in [6.45, 7) is 5.98. The minimum Gasteiger partial charge on any atom is -0.305 e. The molecule has 0 heterocycles. The van der Waals surface area contributed by atoms with Gasteiger partial charge in [-0.05, 0) is 38.5 Å². The molecule has 0 aromatic carbocycles. The number of hydrogen-bond acceptors (Lipinski definition) is 1. The average Bonchev–Trinajstić information content (AvgIpc) is 2.81. The van der Waals surface area contributed by atoms with Crippen molar-refractivity contribution in [1.82, 2.24) is 5.32 Å². The minimum atomic E-state index is 0.498. The van der Waals surface area contributed by atoms with Gasteiger partial charge >= 0.3 is 0 Å². The molecule has 0 aromatic rings. The van der Waals surface area contributed by atoms with Crippen molar-refractivity contribution in [3.63, 3.8) is 0 Å². The first-order valence-electron chi connectivity index (χ1n) is 4.67. The van der Waals surface area contributed by atoms with Crippen molar-refractivity contribution < 1.29 is 0 Å². The summed E-state index contributed by atoms with van der Waals surface area (Å²) in [4.78, 5) is 0. The van der Waals surface area contributed by atoms with Crippen LogP contribution in [0.4, 0.5) is 0 Å². The summed E-state index contributed by atoms with van der Waals surface area (Å²) in [6, 6.07) is 0.498. The highest BCUT2D eigenvalue weighted by Crippen LogP contribution is 2.53. The lowest BCUT2D eigenvalue weighted by molar-refractivity contribution is 0.423. The van der Waals surface area contributed by atoms with Crippen LogP contribution in [0.25, 0.3) is 0 Å². The highest BCUT2D eigenvalue weighted by molar-refractivity contribution is 5.13. The van der Waals surface area contributed by atoms with Crippen LogP contribution in [0.3, 0.4) is 0 Å². The fraction of sp³-hybridized carbons (Fsp3) is 0.800. The molecule has 0 aromatic heterocycles. The molecule has 1 unspecified atom stereocenters. The van der Waals surface area contributed by atoms with Gasteiger partial charge in [0.25, 0.3) is 0 Å². The van der Waals surface area contributed by atoms with Crippen LogP contribution in [0.5, 0.6) is 0 Å². The van der Waals surface area contributed by atoms with E-state index in [1.165, 1.54) is 25.7 Å². The molecular formula is C10H17N. The number of rotatable bonds is 4. The van der Waals surface area contributed by atoms with Gasteiger partial charge in [0, 0.05) is 11.6 Å². The highest BCUT2D eigenvalue weighted by atomic mass is 15.1. The lowest BCUT2D eigenvalue weighted by Crippen LogP contribution is -2.38. The quantitative estimate of drug-likeness (QED) is 0.607. The maximum absolute atomic E-state index is 3.79. The Morgan fingerprint density at radius 2 is 2.18 bits per heavy atom. The summed E-state index contributed by atoms with van der Waals surface area (Å²) in [5, 5.41) is 3.66. The minimum absolute atomic E-state index is 0.498. The normalized spacial score (nSPS) is 29.5. The van der Waals surface area contributed by atoms with Crippen molar-refractivity contribution in [3.8, 4) is 0 Å². The average molecular weight is 151 g/mol. The second kappa shape index (κ2) is 2.34. The van der Waals surface area contributed by atoms with Crippen molar-refractivity contribution in [1.29, 1.82) is 0 Å². The topological polar surface area (TPSA) is 12.0 Å². The van der Waals surface area contributed by atoms with Crippen molar-refractivity contribution >= 4 is 0 Å². The Bertz CT molecular complexity index is 166. The Hall–Kier alpha value is -0.300. The Labute approximate surface area is 68.9 Å². The van der Waals surface area contributed by atoms with Gasteiger partial charge in [-0.2, -0.15) is 0 Å². The van der Waals surface area contributed by atoms with Crippen LogP contribution in [0, 0.1) is 5.92 Å². The van der Waals surface area contributed by atoms with Crippen molar-refractivity contribution in [2.45, 2.75) is 44.2 Å². The van der Waals surface area contributed by atoms with Crippen molar-refractivity contribution in [2.75, 3.05) is 0 Å². The molecule has 1 heteroatoms. The van der Waals surface area contributed by atoms with Gasteiger partial charge in [-0.25, -0.2) is 0 Å². The van der Waals surface area contributed by atoms with E-state index in [9.17, 15) is 0 Å². The molecule has 1 N–H and O–H groups in total. The van der Waals surface area contributed by atoms with Crippen LogP contribution in [0.2, 0.25) is 0 Å². The van der Waals surface area contributed by atoms with Gasteiger partial charge in [0.05, 0.1) is 0 Å². The van der Waals surface area contributed by atoms with Crippen LogP contribution >= 0.6 is 0 Å². The second-order valence-corrected chi connectivity index (χ2v) is 4.10. The molecule has 2 fully saturated rings. The fourth-order valence-corrected chi connectivity index (χ4v) is 1.95. The summed E-state index contributed by atoms with van der Waals surface area (Å²) in [5.41, 5.74) is 0.563. The predicted molar refractivity (Wildman–Crippen MR) is 47.5 cm³/mol. The maximum Gasteiger partial charge on any atom is 0.0224 e. The Balaban J connectivity index is 1.88. The molecule has 2 aliphatic rings. The standard InChI is InChI=1S/C10H17N/c1-3-8(2)11-10(6-7-10)9-4-5-9/h3,8-9,11H,1,4-7H2,2H3. The molecule has 11 heavy (non-hydrogen) atoms. The van der Waals surface area contributed by atoms with E-state index < -0.39 is 0 Å². The van der Waals surface area contributed by atoms with E-state index in [1.54, 1.807) is 0 Å². The molecule has 1 nitrogen and oxygen atoms in total. The van der Waals surface area contributed by atoms with Crippen LogP contribution in [0.15, 0.2) is 12.7 Å². The van der Waals surface area contributed by atoms with Crippen LogP contribution in [-0.4, -0.2) is 11.6 Å². The lowest BCUT2D eigenvalue weighted by Gasteiger charge is -2.19. The van der Waals surface area contributed by atoms with E-state index in [-0.39, 0.29) is 0 Å². The maximum atomic E-state index is 3.79. The van der Waals surface area contributed by atoms with Gasteiger partial charge in [0.2, 0.25) is 0 Å². The predicted octanol–water partition coefficient (Wildman–Crippen LogP) is 2.09. The molecule has 0 amide bonds. The number of hydrogen-bond donors (Lipinski definition) is 1. The molecule has 2 saturated carbocycles. The first-order valence-corrected chi connectivity index (χ1v) is 4.67. The molecule has 62 valence electrons. The third-order valence-corrected chi connectivity index (χ3v) is 3.02. The molecule has 0 radical (unpaired) electrons. The summed E-state index contributed by atoms with van der Waals surface area (Å²) < 4.78 is 0. The molecule has 2 aliphatic carbocycles. The van der Waals surface area contributed by atoms with Crippen LogP contribution in [-0.2, 0) is 0 Å². The third kappa shape index (κ3) is 1.34. The Kier molecular flexibility index (Phi) is 1.57. The van der Waals surface area contributed by atoms with E-state index in [4.69, 9.17) is 0 Å². The number of nitrogens with one attached hydrogen (secondary N) is 1. The summed E-state index contributed by atoms with van der Waals surface area (Å²) in [6.07, 6.45) is 7.71. The van der Waals surface area contributed by atoms with Crippen LogP contribution in [0.1, 0.15) is 32.6 Å². The largest absolute Gasteiger partial charge is 0.305 e.